The Labute approximate surface area is 170 Å². The van der Waals surface area contributed by atoms with Gasteiger partial charge in [0.05, 0.1) is 12.5 Å². The summed E-state index contributed by atoms with van der Waals surface area (Å²) in [6, 6.07) is 1.73. The Bertz CT molecular complexity index is 538. The van der Waals surface area contributed by atoms with E-state index in [1.165, 1.54) is 71.7 Å². The van der Waals surface area contributed by atoms with Crippen LogP contribution in [0.4, 0.5) is 10.5 Å². The van der Waals surface area contributed by atoms with Crippen LogP contribution in [0.15, 0.2) is 23.5 Å². The largest absolute Gasteiger partial charge is 0.504 e. The molecule has 0 unspecified atom stereocenters. The van der Waals surface area contributed by atoms with E-state index < -0.39 is 6.09 Å². The Balaban J connectivity index is 0.00000105. The zero-order valence-electron chi connectivity index (χ0n) is 18.0. The third kappa shape index (κ3) is 13.8. The van der Waals surface area contributed by atoms with Gasteiger partial charge in [-0.1, -0.05) is 52.4 Å². The maximum Gasteiger partial charge on any atom is 0.406 e. The van der Waals surface area contributed by atoms with Crippen LogP contribution < -0.4 is 0 Å². The fraction of sp³-hybridized carbons (Fsp3) is 0.667. The number of hydrogen-bond acceptors (Lipinski definition) is 4. The van der Waals surface area contributed by atoms with Crippen molar-refractivity contribution in [3.63, 3.8) is 0 Å². The zero-order valence-corrected chi connectivity index (χ0v) is 18.0. The van der Waals surface area contributed by atoms with E-state index in [2.05, 4.69) is 28.7 Å². The van der Waals surface area contributed by atoms with Crippen molar-refractivity contribution in [1.29, 1.82) is 0 Å². The van der Waals surface area contributed by atoms with Crippen LogP contribution in [0.2, 0.25) is 0 Å². The molecule has 0 saturated carbocycles. The van der Waals surface area contributed by atoms with Crippen molar-refractivity contribution in [1.82, 2.24) is 14.8 Å². The molecule has 1 aromatic heterocycles. The van der Waals surface area contributed by atoms with Crippen LogP contribution in [-0.4, -0.2) is 64.6 Å². The molecule has 0 atom stereocenters. The van der Waals surface area contributed by atoms with E-state index >= 15 is 0 Å². The second kappa shape index (κ2) is 16.8. The van der Waals surface area contributed by atoms with E-state index in [1.807, 2.05) is 6.34 Å². The molecular formula is C21H38N4O3. The molecule has 160 valence electrons. The first-order chi connectivity index (χ1) is 13.4. The Hall–Kier alpha value is -2.31. The van der Waals surface area contributed by atoms with Crippen molar-refractivity contribution in [2.24, 2.45) is 4.99 Å². The molecule has 0 fully saturated rings. The summed E-state index contributed by atoms with van der Waals surface area (Å²) in [6.45, 7) is 6.55. The van der Waals surface area contributed by atoms with E-state index in [1.54, 1.807) is 12.3 Å². The number of nitrogens with zero attached hydrogens (tertiary/aromatic N) is 4. The molecule has 0 aliphatic rings. The van der Waals surface area contributed by atoms with Gasteiger partial charge in [0.15, 0.2) is 5.75 Å². The first-order valence-corrected chi connectivity index (χ1v) is 10.2. The lowest BCUT2D eigenvalue weighted by Gasteiger charge is -2.19. The number of hydrogen-bond donors (Lipinski definition) is 2. The first-order valence-electron chi connectivity index (χ1n) is 10.2. The van der Waals surface area contributed by atoms with Crippen LogP contribution in [-0.2, 0) is 0 Å². The van der Waals surface area contributed by atoms with Gasteiger partial charge in [-0.15, -0.1) is 0 Å². The Morgan fingerprint density at radius 2 is 1.61 bits per heavy atom. The molecule has 1 rings (SSSR count). The minimum absolute atomic E-state index is 0.135. The summed E-state index contributed by atoms with van der Waals surface area (Å²) in [5, 5.41) is 17.6. The van der Waals surface area contributed by atoms with E-state index in [-0.39, 0.29) is 5.75 Å². The molecule has 2 N–H and O–H groups in total. The van der Waals surface area contributed by atoms with Crippen LogP contribution in [0, 0.1) is 0 Å². The number of aromatic hydroxyl groups is 1. The first kappa shape index (κ1) is 25.7. The van der Waals surface area contributed by atoms with Crippen LogP contribution >= 0.6 is 0 Å². The highest BCUT2D eigenvalue weighted by molar-refractivity contribution is 5.64. The minimum atomic E-state index is -0.907. The summed E-state index contributed by atoms with van der Waals surface area (Å²) in [5.41, 5.74) is 0.585. The molecule has 0 saturated heterocycles. The Morgan fingerprint density at radius 3 is 2.04 bits per heavy atom. The Morgan fingerprint density at radius 1 is 1.07 bits per heavy atom. The van der Waals surface area contributed by atoms with E-state index in [9.17, 15) is 9.90 Å². The standard InChI is InChI=1S/C18H31N3O.C3H7NO2/c1-3-5-7-9-13-21(14-10-8-6-4-2)16-20-17-11-12-19-15-18(17)22;1-4(2)3(5)6/h11-12,15-16,22H,3-10,13-14H2,1-2H3;1-2H3,(H,5,6)/b20-16+;. The normalized spacial score (nSPS) is 10.4. The van der Waals surface area contributed by atoms with Gasteiger partial charge in [0, 0.05) is 33.4 Å². The Kier molecular flexibility index (Phi) is 15.4. The predicted octanol–water partition coefficient (Wildman–Crippen LogP) is 5.14. The number of amides is 1. The highest BCUT2D eigenvalue weighted by Crippen LogP contribution is 2.23. The van der Waals surface area contributed by atoms with Gasteiger partial charge in [0.1, 0.15) is 5.69 Å². The summed E-state index contributed by atoms with van der Waals surface area (Å²) in [5.74, 6) is 0.135. The summed E-state index contributed by atoms with van der Waals surface area (Å²) in [6.07, 6.45) is 14.1. The van der Waals surface area contributed by atoms with Crippen molar-refractivity contribution < 1.29 is 15.0 Å². The third-order valence-electron chi connectivity index (χ3n) is 4.12. The van der Waals surface area contributed by atoms with Crippen LogP contribution in [0.3, 0.4) is 0 Å². The fourth-order valence-corrected chi connectivity index (χ4v) is 2.34. The van der Waals surface area contributed by atoms with Gasteiger partial charge in [0.25, 0.3) is 0 Å². The average Bonchev–Trinajstić information content (AvgIpc) is 2.67. The summed E-state index contributed by atoms with van der Waals surface area (Å²) in [7, 11) is 2.95. The fourth-order valence-electron chi connectivity index (χ4n) is 2.34. The SMILES string of the molecule is CCCCCCN(/C=N/c1ccncc1O)CCCCCC.CN(C)C(=O)O. The van der Waals surface area contributed by atoms with E-state index in [0.717, 1.165) is 18.0 Å². The van der Waals surface area contributed by atoms with Gasteiger partial charge < -0.3 is 20.0 Å². The molecule has 1 heterocycles. The molecule has 0 aromatic carbocycles. The van der Waals surface area contributed by atoms with Gasteiger partial charge in [-0.2, -0.15) is 0 Å². The van der Waals surface area contributed by atoms with Crippen LogP contribution in [0.1, 0.15) is 65.2 Å². The van der Waals surface area contributed by atoms with Gasteiger partial charge >= 0.3 is 6.09 Å². The third-order valence-corrected chi connectivity index (χ3v) is 4.12. The molecular weight excluding hydrogens is 356 g/mol. The zero-order chi connectivity index (χ0) is 21.2. The minimum Gasteiger partial charge on any atom is -0.504 e. The second-order valence-corrected chi connectivity index (χ2v) is 6.94. The molecule has 1 amide bonds. The average molecular weight is 395 g/mol. The molecule has 0 spiro atoms. The molecule has 0 aliphatic carbocycles. The maximum absolute atomic E-state index is 9.72. The van der Waals surface area contributed by atoms with Crippen molar-refractivity contribution >= 4 is 18.1 Å². The molecule has 7 nitrogen and oxygen atoms in total. The summed E-state index contributed by atoms with van der Waals surface area (Å²) < 4.78 is 0. The number of unbranched alkanes of at least 4 members (excludes halogenated alkanes) is 6. The van der Waals surface area contributed by atoms with Crippen LogP contribution in [0.5, 0.6) is 5.75 Å². The highest BCUT2D eigenvalue weighted by atomic mass is 16.4. The smallest absolute Gasteiger partial charge is 0.406 e. The lowest BCUT2D eigenvalue weighted by molar-refractivity contribution is 0.165. The highest BCUT2D eigenvalue weighted by Gasteiger charge is 2.02. The quantitative estimate of drug-likeness (QED) is 0.291. The van der Waals surface area contributed by atoms with Crippen molar-refractivity contribution in [3.05, 3.63) is 18.5 Å². The number of pyridine rings is 1. The molecule has 0 bridgehead atoms. The molecule has 1 aromatic rings. The lowest BCUT2D eigenvalue weighted by Crippen LogP contribution is -2.24. The number of aromatic nitrogens is 1. The van der Waals surface area contributed by atoms with Crippen molar-refractivity contribution in [3.8, 4) is 5.75 Å². The van der Waals surface area contributed by atoms with E-state index in [4.69, 9.17) is 5.11 Å². The van der Waals surface area contributed by atoms with Gasteiger partial charge in [-0.3, -0.25) is 4.98 Å². The van der Waals surface area contributed by atoms with Gasteiger partial charge in [0.2, 0.25) is 0 Å². The van der Waals surface area contributed by atoms with Gasteiger partial charge in [-0.25, -0.2) is 9.79 Å². The number of aliphatic imine (C=N–C) groups is 1. The lowest BCUT2D eigenvalue weighted by atomic mass is 10.2. The monoisotopic (exact) mass is 394 g/mol. The topological polar surface area (TPSA) is 89.3 Å². The second-order valence-electron chi connectivity index (χ2n) is 6.94. The summed E-state index contributed by atoms with van der Waals surface area (Å²) in [4.78, 5) is 21.3. The van der Waals surface area contributed by atoms with Crippen molar-refractivity contribution in [2.75, 3.05) is 27.2 Å². The predicted molar refractivity (Wildman–Crippen MR) is 116 cm³/mol. The summed E-state index contributed by atoms with van der Waals surface area (Å²) >= 11 is 0. The molecule has 28 heavy (non-hydrogen) atoms. The molecule has 7 heteroatoms. The molecule has 0 aliphatic heterocycles. The van der Waals surface area contributed by atoms with E-state index in [0.29, 0.717) is 5.69 Å². The maximum atomic E-state index is 9.72. The van der Waals surface area contributed by atoms with Crippen LogP contribution in [0.25, 0.3) is 0 Å². The number of carbonyl (C=O) groups is 1. The number of rotatable bonds is 12. The number of carboxylic acid groups (broad SMARTS) is 1. The van der Waals surface area contributed by atoms with Gasteiger partial charge in [-0.05, 0) is 18.9 Å². The van der Waals surface area contributed by atoms with Crippen molar-refractivity contribution in [2.45, 2.75) is 65.2 Å². The molecule has 0 radical (unpaired) electrons.